The van der Waals surface area contributed by atoms with Crippen molar-refractivity contribution >= 4 is 51.9 Å². The van der Waals surface area contributed by atoms with Gasteiger partial charge in [0.1, 0.15) is 10.1 Å². The number of halogens is 1. The topological polar surface area (TPSA) is 56.8 Å². The van der Waals surface area contributed by atoms with Crippen molar-refractivity contribution in [3.63, 3.8) is 0 Å². The van der Waals surface area contributed by atoms with Crippen LogP contribution in [0.4, 0.5) is 0 Å². The lowest BCUT2D eigenvalue weighted by Crippen LogP contribution is -2.17. The summed E-state index contributed by atoms with van der Waals surface area (Å²) >= 11 is 12.3. The van der Waals surface area contributed by atoms with E-state index < -0.39 is 0 Å². The average Bonchev–Trinajstić information content (AvgIpc) is 3.02. The summed E-state index contributed by atoms with van der Waals surface area (Å²) in [6, 6.07) is 11.2. The second kappa shape index (κ2) is 10.7. The Morgan fingerprint density at radius 1 is 1.10 bits per heavy atom. The summed E-state index contributed by atoms with van der Waals surface area (Å²) in [6.07, 6.45) is 2.50. The van der Waals surface area contributed by atoms with Crippen molar-refractivity contribution in [1.82, 2.24) is 5.32 Å². The predicted molar refractivity (Wildman–Crippen MR) is 126 cm³/mol. The summed E-state index contributed by atoms with van der Waals surface area (Å²) in [5.41, 5.74) is 1.83. The van der Waals surface area contributed by atoms with Crippen molar-refractivity contribution in [2.75, 3.05) is 19.8 Å². The first-order valence-corrected chi connectivity index (χ1v) is 11.1. The van der Waals surface area contributed by atoms with E-state index >= 15 is 0 Å². The van der Waals surface area contributed by atoms with Crippen LogP contribution in [0.1, 0.15) is 24.5 Å². The van der Waals surface area contributed by atoms with Crippen LogP contribution in [0.5, 0.6) is 17.2 Å². The lowest BCUT2D eigenvalue weighted by Gasteiger charge is -2.13. The number of thioether (sulfide) groups is 1. The standard InChI is InChI=1S/C22H22ClNO4S2/c1-3-26-19-12-15(13-20-21(25)24-22(29)30-20)5-8-18(19)28-10-4-9-27-16-6-7-17(23)14(2)11-16/h5-8,11-13H,3-4,9-10H2,1-2H3,(H,24,25,29)/b20-13-. The number of hydrogen-bond acceptors (Lipinski definition) is 6. The summed E-state index contributed by atoms with van der Waals surface area (Å²) < 4.78 is 17.8. The molecule has 0 aromatic heterocycles. The van der Waals surface area contributed by atoms with Crippen LogP contribution < -0.4 is 19.5 Å². The van der Waals surface area contributed by atoms with Crippen molar-refractivity contribution < 1.29 is 19.0 Å². The Labute approximate surface area is 190 Å². The molecule has 0 saturated carbocycles. The van der Waals surface area contributed by atoms with Crippen LogP contribution in [-0.4, -0.2) is 30.0 Å². The van der Waals surface area contributed by atoms with Crippen molar-refractivity contribution in [2.45, 2.75) is 20.3 Å². The molecule has 2 aromatic rings. The van der Waals surface area contributed by atoms with Crippen molar-refractivity contribution in [2.24, 2.45) is 0 Å². The van der Waals surface area contributed by atoms with E-state index in [2.05, 4.69) is 5.32 Å². The molecule has 5 nitrogen and oxygen atoms in total. The molecule has 1 aliphatic rings. The van der Waals surface area contributed by atoms with Gasteiger partial charge in [0, 0.05) is 11.4 Å². The van der Waals surface area contributed by atoms with Gasteiger partial charge in [-0.2, -0.15) is 0 Å². The molecule has 0 radical (unpaired) electrons. The quantitative estimate of drug-likeness (QED) is 0.306. The third-order valence-corrected chi connectivity index (χ3v) is 5.74. The Morgan fingerprint density at radius 2 is 1.90 bits per heavy atom. The minimum atomic E-state index is -0.181. The van der Waals surface area contributed by atoms with E-state index in [0.29, 0.717) is 47.0 Å². The van der Waals surface area contributed by atoms with Crippen LogP contribution >= 0.6 is 35.6 Å². The number of benzene rings is 2. The highest BCUT2D eigenvalue weighted by Crippen LogP contribution is 2.32. The molecule has 2 aromatic carbocycles. The number of carbonyl (C=O) groups is 1. The highest BCUT2D eigenvalue weighted by atomic mass is 35.5. The van der Waals surface area contributed by atoms with Gasteiger partial charge in [-0.05, 0) is 61.4 Å². The predicted octanol–water partition coefficient (Wildman–Crippen LogP) is 5.38. The van der Waals surface area contributed by atoms with Gasteiger partial charge in [0.05, 0.1) is 24.7 Å². The molecule has 1 N–H and O–H groups in total. The zero-order valence-corrected chi connectivity index (χ0v) is 19.1. The number of rotatable bonds is 9. The maximum atomic E-state index is 11.8. The van der Waals surface area contributed by atoms with Crippen molar-refractivity contribution in [3.8, 4) is 17.2 Å². The second-order valence-electron chi connectivity index (χ2n) is 6.45. The van der Waals surface area contributed by atoms with E-state index in [4.69, 9.17) is 38.0 Å². The minimum Gasteiger partial charge on any atom is -0.493 e. The molecule has 1 saturated heterocycles. The molecule has 1 aliphatic heterocycles. The first kappa shape index (κ1) is 22.5. The molecule has 30 heavy (non-hydrogen) atoms. The smallest absolute Gasteiger partial charge is 0.263 e. The fraction of sp³-hybridized carbons (Fsp3) is 0.273. The van der Waals surface area contributed by atoms with Gasteiger partial charge in [0.25, 0.3) is 5.91 Å². The van der Waals surface area contributed by atoms with Crippen LogP contribution in [0.15, 0.2) is 41.3 Å². The van der Waals surface area contributed by atoms with E-state index in [9.17, 15) is 4.79 Å². The number of amides is 1. The number of nitrogens with one attached hydrogen (secondary N) is 1. The molecule has 1 amide bonds. The summed E-state index contributed by atoms with van der Waals surface area (Å²) in [5.74, 6) is 1.89. The molecule has 0 aliphatic carbocycles. The Morgan fingerprint density at radius 3 is 2.60 bits per heavy atom. The fourth-order valence-electron chi connectivity index (χ4n) is 2.71. The van der Waals surface area contributed by atoms with Crippen LogP contribution in [0, 0.1) is 6.92 Å². The van der Waals surface area contributed by atoms with Gasteiger partial charge in [-0.1, -0.05) is 41.6 Å². The summed E-state index contributed by atoms with van der Waals surface area (Å²) in [5, 5.41) is 3.33. The van der Waals surface area contributed by atoms with E-state index in [1.165, 1.54) is 11.8 Å². The number of carbonyl (C=O) groups excluding carboxylic acids is 1. The van der Waals surface area contributed by atoms with Gasteiger partial charge in [-0.3, -0.25) is 4.79 Å². The third-order valence-electron chi connectivity index (χ3n) is 4.15. The first-order valence-electron chi connectivity index (χ1n) is 9.49. The maximum absolute atomic E-state index is 11.8. The van der Waals surface area contributed by atoms with E-state index in [1.807, 2.05) is 50.2 Å². The van der Waals surface area contributed by atoms with Crippen LogP contribution in [0.3, 0.4) is 0 Å². The maximum Gasteiger partial charge on any atom is 0.263 e. The Hall–Kier alpha value is -2.22. The molecule has 3 rings (SSSR count). The Kier molecular flexibility index (Phi) is 8.01. The van der Waals surface area contributed by atoms with Crippen molar-refractivity contribution in [3.05, 3.63) is 57.5 Å². The second-order valence-corrected chi connectivity index (χ2v) is 8.58. The summed E-state index contributed by atoms with van der Waals surface area (Å²) in [4.78, 5) is 12.4. The summed E-state index contributed by atoms with van der Waals surface area (Å²) in [7, 11) is 0. The largest absolute Gasteiger partial charge is 0.493 e. The molecule has 1 heterocycles. The molecule has 158 valence electrons. The van der Waals surface area contributed by atoms with Gasteiger partial charge in [0.15, 0.2) is 11.5 Å². The number of ether oxygens (including phenoxy) is 3. The van der Waals surface area contributed by atoms with Gasteiger partial charge < -0.3 is 19.5 Å². The van der Waals surface area contributed by atoms with Gasteiger partial charge in [-0.15, -0.1) is 0 Å². The Bertz CT molecular complexity index is 978. The normalized spacial score (nSPS) is 14.7. The van der Waals surface area contributed by atoms with Crippen LogP contribution in [0.2, 0.25) is 5.02 Å². The molecule has 0 spiro atoms. The number of thiocarbonyl (C=S) groups is 1. The van der Waals surface area contributed by atoms with Crippen LogP contribution in [-0.2, 0) is 4.79 Å². The molecule has 0 atom stereocenters. The number of aryl methyl sites for hydroxylation is 1. The highest BCUT2D eigenvalue weighted by molar-refractivity contribution is 8.26. The molecule has 0 unspecified atom stereocenters. The highest BCUT2D eigenvalue weighted by Gasteiger charge is 2.22. The van der Waals surface area contributed by atoms with Gasteiger partial charge in [0.2, 0.25) is 0 Å². The SMILES string of the molecule is CCOc1cc(/C=C2\SC(=S)NC2=O)ccc1OCCCOc1ccc(Cl)c(C)c1. The van der Waals surface area contributed by atoms with E-state index in [1.54, 1.807) is 6.08 Å². The molecule has 8 heteroatoms. The molecule has 1 fully saturated rings. The zero-order valence-electron chi connectivity index (χ0n) is 16.7. The molecular weight excluding hydrogens is 442 g/mol. The van der Waals surface area contributed by atoms with E-state index in [0.717, 1.165) is 21.9 Å². The van der Waals surface area contributed by atoms with Gasteiger partial charge in [-0.25, -0.2) is 0 Å². The summed E-state index contributed by atoms with van der Waals surface area (Å²) in [6.45, 7) is 5.38. The monoisotopic (exact) mass is 463 g/mol. The lowest BCUT2D eigenvalue weighted by atomic mass is 10.2. The molecule has 0 bridgehead atoms. The van der Waals surface area contributed by atoms with Gasteiger partial charge >= 0.3 is 0 Å². The minimum absolute atomic E-state index is 0.181. The lowest BCUT2D eigenvalue weighted by molar-refractivity contribution is -0.115. The van der Waals surface area contributed by atoms with E-state index in [-0.39, 0.29) is 5.91 Å². The Balaban J connectivity index is 1.56. The third kappa shape index (κ3) is 6.14. The first-order chi connectivity index (χ1) is 14.5. The number of hydrogen-bond donors (Lipinski definition) is 1. The van der Waals surface area contributed by atoms with Crippen LogP contribution in [0.25, 0.3) is 6.08 Å². The molecular formula is C22H22ClNO4S2. The van der Waals surface area contributed by atoms with Crippen molar-refractivity contribution in [1.29, 1.82) is 0 Å². The average molecular weight is 464 g/mol. The zero-order chi connectivity index (χ0) is 21.5. The fourth-order valence-corrected chi connectivity index (χ4v) is 3.87.